The molecule has 2 amide bonds. The van der Waals surface area contributed by atoms with Crippen LogP contribution < -0.4 is 15.4 Å². The molecule has 2 N–H and O–H groups in total. The molecule has 1 fully saturated rings. The molecule has 0 bridgehead atoms. The van der Waals surface area contributed by atoms with E-state index in [2.05, 4.69) is 10.6 Å². The van der Waals surface area contributed by atoms with Crippen LogP contribution in [0.5, 0.6) is 5.75 Å². The van der Waals surface area contributed by atoms with E-state index in [0.29, 0.717) is 31.0 Å². The van der Waals surface area contributed by atoms with Gasteiger partial charge in [-0.3, -0.25) is 19.7 Å². The van der Waals surface area contributed by atoms with Gasteiger partial charge < -0.3 is 19.7 Å². The molecule has 0 aliphatic carbocycles. The first-order chi connectivity index (χ1) is 16.0. The average molecular weight is 470 g/mol. The summed E-state index contributed by atoms with van der Waals surface area (Å²) in [6.07, 6.45) is 0.598. The molecule has 33 heavy (non-hydrogen) atoms. The summed E-state index contributed by atoms with van der Waals surface area (Å²) in [4.78, 5) is 38.5. The van der Waals surface area contributed by atoms with Crippen LogP contribution in [-0.2, 0) is 20.7 Å². The SMILES string of the molecule is CCOC(=O)CC1C(=O)NCCN1C(=S)NC(=O)c1cccc(OCCc2ccccc2)c1. The van der Waals surface area contributed by atoms with Crippen LogP contribution in [0.3, 0.4) is 0 Å². The molecule has 1 saturated heterocycles. The third-order valence-corrected chi connectivity index (χ3v) is 5.41. The molecule has 1 heterocycles. The Morgan fingerprint density at radius 2 is 1.97 bits per heavy atom. The molecular formula is C24H27N3O5S. The van der Waals surface area contributed by atoms with Crippen molar-refractivity contribution >= 4 is 35.1 Å². The molecule has 0 spiro atoms. The quantitative estimate of drug-likeness (QED) is 0.451. The maximum absolute atomic E-state index is 12.8. The minimum absolute atomic E-state index is 0.0829. The lowest BCUT2D eigenvalue weighted by Crippen LogP contribution is -2.60. The third kappa shape index (κ3) is 7.01. The van der Waals surface area contributed by atoms with Crippen LogP contribution in [0.25, 0.3) is 0 Å². The molecule has 8 nitrogen and oxygen atoms in total. The van der Waals surface area contributed by atoms with Gasteiger partial charge in [-0.25, -0.2) is 0 Å². The molecule has 3 rings (SSSR count). The lowest BCUT2D eigenvalue weighted by Gasteiger charge is -2.36. The summed E-state index contributed by atoms with van der Waals surface area (Å²) in [5.41, 5.74) is 1.54. The largest absolute Gasteiger partial charge is 0.493 e. The number of hydrogen-bond acceptors (Lipinski definition) is 6. The zero-order valence-corrected chi connectivity index (χ0v) is 19.2. The van der Waals surface area contributed by atoms with Gasteiger partial charge in [-0.2, -0.15) is 0 Å². The highest BCUT2D eigenvalue weighted by Crippen LogP contribution is 2.15. The fourth-order valence-electron chi connectivity index (χ4n) is 3.44. The number of ether oxygens (including phenoxy) is 2. The minimum atomic E-state index is -0.835. The lowest BCUT2D eigenvalue weighted by molar-refractivity contribution is -0.147. The van der Waals surface area contributed by atoms with E-state index < -0.39 is 17.9 Å². The fourth-order valence-corrected chi connectivity index (χ4v) is 3.75. The number of nitrogens with zero attached hydrogens (tertiary/aromatic N) is 1. The highest BCUT2D eigenvalue weighted by molar-refractivity contribution is 7.80. The summed E-state index contributed by atoms with van der Waals surface area (Å²) in [6.45, 7) is 3.13. The number of carbonyl (C=O) groups excluding carboxylic acids is 3. The highest BCUT2D eigenvalue weighted by atomic mass is 32.1. The molecule has 9 heteroatoms. The van der Waals surface area contributed by atoms with Crippen LogP contribution in [0, 0.1) is 0 Å². The molecule has 1 unspecified atom stereocenters. The number of thiocarbonyl (C=S) groups is 1. The normalized spacial score (nSPS) is 15.4. The van der Waals surface area contributed by atoms with Gasteiger partial charge in [0.2, 0.25) is 5.91 Å². The van der Waals surface area contributed by atoms with Crippen LogP contribution in [0.2, 0.25) is 0 Å². The van der Waals surface area contributed by atoms with Crippen LogP contribution in [-0.4, -0.2) is 60.1 Å². The molecule has 1 atom stereocenters. The van der Waals surface area contributed by atoms with Gasteiger partial charge >= 0.3 is 5.97 Å². The standard InChI is InChI=1S/C24H27N3O5S/c1-2-31-21(28)16-20-23(30)25-12-13-27(20)24(33)26-22(29)18-9-6-10-19(15-18)32-14-11-17-7-4-3-5-8-17/h3-10,15,20H,2,11-14,16H2,1H3,(H,25,30)(H,26,29,33). The van der Waals surface area contributed by atoms with Crippen LogP contribution >= 0.6 is 12.2 Å². The molecule has 0 aromatic heterocycles. The molecule has 0 saturated carbocycles. The van der Waals surface area contributed by atoms with Crippen molar-refractivity contribution in [3.63, 3.8) is 0 Å². The van der Waals surface area contributed by atoms with Crippen LogP contribution in [0.1, 0.15) is 29.3 Å². The van der Waals surface area contributed by atoms with E-state index in [0.717, 1.165) is 6.42 Å². The van der Waals surface area contributed by atoms with Crippen LogP contribution in [0.4, 0.5) is 0 Å². The lowest BCUT2D eigenvalue weighted by atomic mass is 10.1. The molecule has 174 valence electrons. The first-order valence-electron chi connectivity index (χ1n) is 10.8. The summed E-state index contributed by atoms with van der Waals surface area (Å²) in [5, 5.41) is 5.46. The van der Waals surface area contributed by atoms with Crippen molar-refractivity contribution in [1.82, 2.24) is 15.5 Å². The number of piperazine rings is 1. The van der Waals surface area contributed by atoms with Crippen molar-refractivity contribution in [3.05, 3.63) is 65.7 Å². The molecule has 1 aliphatic rings. The van der Waals surface area contributed by atoms with Gasteiger partial charge in [-0.1, -0.05) is 36.4 Å². The zero-order chi connectivity index (χ0) is 23.6. The number of nitrogens with one attached hydrogen (secondary N) is 2. The number of amides is 2. The Hall–Kier alpha value is -3.46. The van der Waals surface area contributed by atoms with E-state index in [9.17, 15) is 14.4 Å². The topological polar surface area (TPSA) is 97.0 Å². The van der Waals surface area contributed by atoms with Gasteiger partial charge in [0.05, 0.1) is 19.6 Å². The maximum Gasteiger partial charge on any atom is 0.308 e. The van der Waals surface area contributed by atoms with Crippen molar-refractivity contribution < 1.29 is 23.9 Å². The van der Waals surface area contributed by atoms with Crippen molar-refractivity contribution in [2.24, 2.45) is 0 Å². The Morgan fingerprint density at radius 3 is 2.73 bits per heavy atom. The predicted molar refractivity (Wildman–Crippen MR) is 127 cm³/mol. The van der Waals surface area contributed by atoms with E-state index in [-0.39, 0.29) is 24.0 Å². The highest BCUT2D eigenvalue weighted by Gasteiger charge is 2.34. The van der Waals surface area contributed by atoms with E-state index in [1.165, 1.54) is 5.56 Å². The number of carbonyl (C=O) groups is 3. The molecule has 2 aromatic rings. The van der Waals surface area contributed by atoms with Gasteiger partial charge in [0.15, 0.2) is 5.11 Å². The maximum atomic E-state index is 12.8. The summed E-state index contributed by atoms with van der Waals surface area (Å²) in [7, 11) is 0. The minimum Gasteiger partial charge on any atom is -0.493 e. The predicted octanol–water partition coefficient (Wildman–Crippen LogP) is 2.08. The van der Waals surface area contributed by atoms with Crippen molar-refractivity contribution in [3.8, 4) is 5.75 Å². The summed E-state index contributed by atoms with van der Waals surface area (Å²) >= 11 is 5.39. The monoisotopic (exact) mass is 469 g/mol. The Kier molecular flexibility index (Phi) is 8.77. The van der Waals surface area contributed by atoms with Gasteiger partial charge in [0, 0.05) is 25.1 Å². The number of hydrogen-bond donors (Lipinski definition) is 2. The van der Waals surface area contributed by atoms with Crippen molar-refractivity contribution in [2.45, 2.75) is 25.8 Å². The molecule has 0 radical (unpaired) electrons. The van der Waals surface area contributed by atoms with Gasteiger partial charge in [-0.15, -0.1) is 0 Å². The summed E-state index contributed by atoms with van der Waals surface area (Å²) in [6, 6.07) is 16.0. The molecule has 1 aliphatic heterocycles. The first-order valence-corrected chi connectivity index (χ1v) is 11.2. The van der Waals surface area contributed by atoms with Crippen molar-refractivity contribution in [1.29, 1.82) is 0 Å². The molecular weight excluding hydrogens is 442 g/mol. The molecule has 2 aromatic carbocycles. The van der Waals surface area contributed by atoms with E-state index in [1.54, 1.807) is 36.1 Å². The Bertz CT molecular complexity index is 999. The Labute approximate surface area is 198 Å². The van der Waals surface area contributed by atoms with E-state index >= 15 is 0 Å². The second kappa shape index (κ2) is 12.0. The number of esters is 1. The third-order valence-electron chi connectivity index (χ3n) is 5.08. The zero-order valence-electron chi connectivity index (χ0n) is 18.4. The smallest absolute Gasteiger partial charge is 0.308 e. The van der Waals surface area contributed by atoms with E-state index in [4.69, 9.17) is 21.7 Å². The Balaban J connectivity index is 1.59. The summed E-state index contributed by atoms with van der Waals surface area (Å²) < 4.78 is 10.7. The second-order valence-corrected chi connectivity index (χ2v) is 7.77. The number of benzene rings is 2. The van der Waals surface area contributed by atoms with Crippen LogP contribution in [0.15, 0.2) is 54.6 Å². The second-order valence-electron chi connectivity index (χ2n) is 7.38. The van der Waals surface area contributed by atoms with Crippen molar-refractivity contribution in [2.75, 3.05) is 26.3 Å². The van der Waals surface area contributed by atoms with Gasteiger partial charge in [-0.05, 0) is 42.9 Å². The average Bonchev–Trinajstić information content (AvgIpc) is 2.81. The number of rotatable bonds is 8. The fraction of sp³-hybridized carbons (Fsp3) is 0.333. The summed E-state index contributed by atoms with van der Waals surface area (Å²) in [5.74, 6) is -0.685. The van der Waals surface area contributed by atoms with Gasteiger partial charge in [0.1, 0.15) is 11.8 Å². The Morgan fingerprint density at radius 1 is 1.18 bits per heavy atom. The first kappa shape index (κ1) is 24.2. The van der Waals surface area contributed by atoms with Gasteiger partial charge in [0.25, 0.3) is 5.91 Å². The van der Waals surface area contributed by atoms with E-state index in [1.807, 2.05) is 30.3 Å².